The van der Waals surface area contributed by atoms with Crippen molar-refractivity contribution in [3.05, 3.63) is 65.2 Å². The lowest BCUT2D eigenvalue weighted by Crippen LogP contribution is -2.40. The highest BCUT2D eigenvalue weighted by Gasteiger charge is 2.37. The summed E-state index contributed by atoms with van der Waals surface area (Å²) in [4.78, 5) is 12.0. The molecule has 0 aliphatic carbocycles. The molecule has 0 fully saturated rings. The zero-order valence-corrected chi connectivity index (χ0v) is 15.7. The van der Waals surface area contributed by atoms with E-state index in [1.807, 2.05) is 12.1 Å². The van der Waals surface area contributed by atoms with Crippen molar-refractivity contribution < 1.29 is 13.2 Å². The molecule has 0 saturated heterocycles. The molecule has 1 N–H and O–H groups in total. The predicted molar refractivity (Wildman–Crippen MR) is 105 cm³/mol. The minimum Gasteiger partial charge on any atom is -0.351 e. The number of carbonyl (C=O) groups excluding carboxylic acids is 1. The molecule has 1 aliphatic rings. The molecule has 136 valence electrons. The summed E-state index contributed by atoms with van der Waals surface area (Å²) < 4.78 is 27.5. The molecule has 0 saturated carbocycles. The Balaban J connectivity index is 1.61. The molecule has 0 bridgehead atoms. The van der Waals surface area contributed by atoms with E-state index in [2.05, 4.69) is 5.32 Å². The Morgan fingerprint density at radius 1 is 1.12 bits per heavy atom. The molecule has 0 radical (unpaired) electrons. The van der Waals surface area contributed by atoms with Crippen LogP contribution >= 0.6 is 11.6 Å². The summed E-state index contributed by atoms with van der Waals surface area (Å²) in [7, 11) is -2.09. The molecule has 1 heterocycles. The van der Waals surface area contributed by atoms with Crippen molar-refractivity contribution >= 4 is 45.2 Å². The van der Waals surface area contributed by atoms with Crippen LogP contribution in [-0.4, -0.2) is 34.5 Å². The largest absolute Gasteiger partial charge is 0.351 e. The Kier molecular flexibility index (Phi) is 5.20. The number of para-hydroxylation sites is 2. The molecular formula is C18H18ClN3O3S. The third kappa shape index (κ3) is 3.54. The lowest BCUT2D eigenvalue weighted by atomic mass is 10.2. The maximum atomic E-state index is 12.5. The van der Waals surface area contributed by atoms with Gasteiger partial charge in [-0.2, -0.15) is 8.42 Å². The van der Waals surface area contributed by atoms with Gasteiger partial charge in [-0.15, -0.1) is 0 Å². The molecule has 1 amide bonds. The van der Waals surface area contributed by atoms with Crippen LogP contribution in [0.2, 0.25) is 5.02 Å². The van der Waals surface area contributed by atoms with Gasteiger partial charge in [-0.1, -0.05) is 41.9 Å². The Morgan fingerprint density at radius 2 is 1.77 bits per heavy atom. The molecule has 0 unspecified atom stereocenters. The highest BCUT2D eigenvalue weighted by Crippen LogP contribution is 2.38. The van der Waals surface area contributed by atoms with Crippen LogP contribution in [0, 0.1) is 0 Å². The summed E-state index contributed by atoms with van der Waals surface area (Å²) in [5, 5.41) is 3.24. The predicted octanol–water partition coefficient (Wildman–Crippen LogP) is 2.67. The number of nitrogens with one attached hydrogen (secondary N) is 1. The number of fused-ring (bicyclic) bond motifs is 1. The van der Waals surface area contributed by atoms with Crippen LogP contribution < -0.4 is 13.9 Å². The van der Waals surface area contributed by atoms with E-state index >= 15 is 0 Å². The van der Waals surface area contributed by atoms with Crippen LogP contribution in [0.1, 0.15) is 5.56 Å². The molecule has 6 nitrogen and oxygen atoms in total. The van der Waals surface area contributed by atoms with E-state index in [0.29, 0.717) is 16.4 Å². The van der Waals surface area contributed by atoms with Gasteiger partial charge in [0.2, 0.25) is 5.91 Å². The third-order valence-corrected chi connectivity index (χ3v) is 6.22. The van der Waals surface area contributed by atoms with Crippen molar-refractivity contribution in [3.63, 3.8) is 0 Å². The highest BCUT2D eigenvalue weighted by atomic mass is 35.5. The maximum absolute atomic E-state index is 12.5. The Hall–Kier alpha value is -2.51. The summed E-state index contributed by atoms with van der Waals surface area (Å²) in [6.07, 6.45) is 2.99. The molecular weight excluding hydrogens is 374 g/mol. The second-order valence-electron chi connectivity index (χ2n) is 5.68. The Bertz CT molecular complexity index is 960. The van der Waals surface area contributed by atoms with Crippen molar-refractivity contribution in [3.8, 4) is 0 Å². The summed E-state index contributed by atoms with van der Waals surface area (Å²) in [6, 6.07) is 14.2. The first kappa shape index (κ1) is 18.3. The van der Waals surface area contributed by atoms with E-state index in [0.717, 1.165) is 5.56 Å². The van der Waals surface area contributed by atoms with Crippen molar-refractivity contribution in [2.75, 3.05) is 28.7 Å². The topological polar surface area (TPSA) is 69.7 Å². The van der Waals surface area contributed by atoms with Gasteiger partial charge in [0.05, 0.1) is 17.9 Å². The van der Waals surface area contributed by atoms with Gasteiger partial charge >= 0.3 is 10.2 Å². The summed E-state index contributed by atoms with van der Waals surface area (Å²) >= 11 is 6.03. The molecule has 0 atom stereocenters. The third-order valence-electron chi connectivity index (χ3n) is 4.05. The monoisotopic (exact) mass is 391 g/mol. The molecule has 2 aromatic rings. The number of hydrogen-bond donors (Lipinski definition) is 1. The van der Waals surface area contributed by atoms with Gasteiger partial charge < -0.3 is 5.32 Å². The quantitative estimate of drug-likeness (QED) is 0.796. The van der Waals surface area contributed by atoms with Crippen molar-refractivity contribution in [2.24, 2.45) is 0 Å². The fourth-order valence-electron chi connectivity index (χ4n) is 2.69. The van der Waals surface area contributed by atoms with E-state index in [9.17, 15) is 13.2 Å². The van der Waals surface area contributed by atoms with Gasteiger partial charge in [0.15, 0.2) is 0 Å². The molecule has 3 rings (SSSR count). The van der Waals surface area contributed by atoms with Crippen LogP contribution in [0.4, 0.5) is 11.4 Å². The second-order valence-corrected chi connectivity index (χ2v) is 7.97. The van der Waals surface area contributed by atoms with E-state index in [1.165, 1.54) is 21.7 Å². The van der Waals surface area contributed by atoms with Gasteiger partial charge in [-0.05, 0) is 29.8 Å². The highest BCUT2D eigenvalue weighted by molar-refractivity contribution is 7.94. The number of amides is 1. The lowest BCUT2D eigenvalue weighted by molar-refractivity contribution is -0.116. The molecule has 2 aromatic carbocycles. The number of benzene rings is 2. The van der Waals surface area contributed by atoms with Crippen LogP contribution in [-0.2, 0) is 15.0 Å². The summed E-state index contributed by atoms with van der Waals surface area (Å²) in [5.41, 5.74) is 1.97. The number of carbonyl (C=O) groups is 1. The van der Waals surface area contributed by atoms with Crippen LogP contribution in [0.25, 0.3) is 6.08 Å². The van der Waals surface area contributed by atoms with Crippen LogP contribution in [0.3, 0.4) is 0 Å². The standard InChI is InChI=1S/C18H18ClN3O3S/c1-21-16-8-4-5-9-17(16)22(26(21,24)25)13-12-20-18(23)11-10-14-6-2-3-7-15(14)19/h2-11H,12-13H2,1H3,(H,20,23)/b11-10+. The fourth-order valence-corrected chi connectivity index (χ4v) is 4.31. The molecule has 0 aromatic heterocycles. The lowest BCUT2D eigenvalue weighted by Gasteiger charge is -2.19. The van der Waals surface area contributed by atoms with Gasteiger partial charge in [0, 0.05) is 24.7 Å². The first-order valence-electron chi connectivity index (χ1n) is 7.97. The fraction of sp³-hybridized carbons (Fsp3) is 0.167. The molecule has 0 spiro atoms. The van der Waals surface area contributed by atoms with Gasteiger partial charge in [-0.3, -0.25) is 9.10 Å². The summed E-state index contributed by atoms with van der Waals surface area (Å²) in [5.74, 6) is -0.317. The van der Waals surface area contributed by atoms with Crippen molar-refractivity contribution in [1.82, 2.24) is 5.32 Å². The number of rotatable bonds is 5. The minimum absolute atomic E-state index is 0.148. The first-order chi connectivity index (χ1) is 12.4. The first-order valence-corrected chi connectivity index (χ1v) is 9.75. The average molecular weight is 392 g/mol. The van der Waals surface area contributed by atoms with E-state index in [-0.39, 0.29) is 19.0 Å². The van der Waals surface area contributed by atoms with E-state index in [1.54, 1.807) is 42.5 Å². The smallest absolute Gasteiger partial charge is 0.326 e. The molecule has 1 aliphatic heterocycles. The number of anilines is 2. The summed E-state index contributed by atoms with van der Waals surface area (Å²) in [6.45, 7) is 0.336. The van der Waals surface area contributed by atoms with Gasteiger partial charge in [0.1, 0.15) is 0 Å². The normalized spacial score (nSPS) is 15.3. The average Bonchev–Trinajstić information content (AvgIpc) is 2.82. The zero-order chi connectivity index (χ0) is 18.7. The minimum atomic E-state index is -3.60. The zero-order valence-electron chi connectivity index (χ0n) is 14.1. The molecule has 8 heteroatoms. The molecule has 26 heavy (non-hydrogen) atoms. The van der Waals surface area contributed by atoms with E-state index in [4.69, 9.17) is 11.6 Å². The number of nitrogens with zero attached hydrogens (tertiary/aromatic N) is 2. The number of halogens is 1. The van der Waals surface area contributed by atoms with Crippen molar-refractivity contribution in [1.29, 1.82) is 0 Å². The van der Waals surface area contributed by atoms with E-state index < -0.39 is 10.2 Å². The second kappa shape index (κ2) is 7.39. The maximum Gasteiger partial charge on any atom is 0.326 e. The Labute approximate surface area is 157 Å². The van der Waals surface area contributed by atoms with Crippen molar-refractivity contribution in [2.45, 2.75) is 0 Å². The number of hydrogen-bond acceptors (Lipinski definition) is 3. The Morgan fingerprint density at radius 3 is 2.50 bits per heavy atom. The van der Waals surface area contributed by atoms with Gasteiger partial charge in [-0.25, -0.2) is 4.31 Å². The van der Waals surface area contributed by atoms with Crippen LogP contribution in [0.15, 0.2) is 54.6 Å². The van der Waals surface area contributed by atoms with Gasteiger partial charge in [0.25, 0.3) is 0 Å². The SMILES string of the molecule is CN1c2ccccc2N(CCNC(=O)/C=C/c2ccccc2Cl)S1(=O)=O. The van der Waals surface area contributed by atoms with Crippen LogP contribution in [0.5, 0.6) is 0 Å².